The van der Waals surface area contributed by atoms with Gasteiger partial charge < -0.3 is 74.7 Å². The zero-order valence-corrected chi connectivity index (χ0v) is 35.7. The number of ether oxygens (including phenoxy) is 5. The lowest BCUT2D eigenvalue weighted by atomic mass is 9.33. The maximum absolute atomic E-state index is 14.6. The van der Waals surface area contributed by atoms with E-state index >= 15 is 0 Å². The van der Waals surface area contributed by atoms with Gasteiger partial charge in [-0.3, -0.25) is 9.59 Å². The van der Waals surface area contributed by atoms with Gasteiger partial charge in [-0.15, -0.1) is 0 Å². The fourth-order valence-corrected chi connectivity index (χ4v) is 13.8. The smallest absolute Gasteiger partial charge is 0.315 e. The number of aliphatic hydroxyl groups is 10. The van der Waals surface area contributed by atoms with Gasteiger partial charge in [0.05, 0.1) is 43.4 Å². The summed E-state index contributed by atoms with van der Waals surface area (Å²) in [6, 6.07) is 0. The van der Waals surface area contributed by atoms with E-state index in [4.69, 9.17) is 23.7 Å². The fourth-order valence-electron chi connectivity index (χ4n) is 13.8. The van der Waals surface area contributed by atoms with Crippen molar-refractivity contribution in [3.05, 3.63) is 11.6 Å². The van der Waals surface area contributed by atoms with Crippen LogP contribution < -0.4 is 0 Å². The van der Waals surface area contributed by atoms with Crippen molar-refractivity contribution in [1.82, 2.24) is 0 Å². The number of hydrogen-bond donors (Lipinski definition) is 10. The molecule has 5 aliphatic carbocycles. The Labute approximate surface area is 350 Å². The number of aliphatic hydroxyl groups excluding tert-OH is 10. The number of allylic oxidation sites excluding steroid dienone is 1. The average Bonchev–Trinajstić information content (AvgIpc) is 3.20. The van der Waals surface area contributed by atoms with Crippen molar-refractivity contribution < 1.29 is 84.3 Å². The van der Waals surface area contributed by atoms with Crippen LogP contribution in [0.4, 0.5) is 0 Å². The second-order valence-corrected chi connectivity index (χ2v) is 20.8. The van der Waals surface area contributed by atoms with E-state index in [0.29, 0.717) is 44.9 Å². The summed E-state index contributed by atoms with van der Waals surface area (Å²) in [6.45, 7) is 10.7. The van der Waals surface area contributed by atoms with Crippen LogP contribution in [0.5, 0.6) is 0 Å². The van der Waals surface area contributed by atoms with Crippen molar-refractivity contribution in [3.8, 4) is 0 Å². The van der Waals surface area contributed by atoms with E-state index in [0.717, 1.165) is 5.57 Å². The molecule has 0 aromatic rings. The highest BCUT2D eigenvalue weighted by Gasteiger charge is 2.73. The molecule has 17 nitrogen and oxygen atoms in total. The minimum Gasteiger partial charge on any atom is -0.469 e. The molecule has 0 unspecified atom stereocenters. The molecule has 6 fully saturated rings. The molecule has 0 aromatic carbocycles. The molecule has 2 aliphatic heterocycles. The summed E-state index contributed by atoms with van der Waals surface area (Å²) in [4.78, 5) is 28.8. The van der Waals surface area contributed by atoms with Gasteiger partial charge in [-0.25, -0.2) is 0 Å². The molecule has 4 saturated carbocycles. The summed E-state index contributed by atoms with van der Waals surface area (Å²) in [5.41, 5.74) is -4.18. The van der Waals surface area contributed by atoms with E-state index in [1.54, 1.807) is 6.92 Å². The first-order chi connectivity index (χ1) is 27.9. The highest BCUT2D eigenvalue weighted by Crippen LogP contribution is 2.76. The van der Waals surface area contributed by atoms with Gasteiger partial charge in [0.15, 0.2) is 6.29 Å². The Bertz CT molecular complexity index is 1670. The van der Waals surface area contributed by atoms with Gasteiger partial charge in [0, 0.05) is 5.92 Å². The molecular formula is C43H68O17. The second-order valence-electron chi connectivity index (χ2n) is 20.8. The highest BCUT2D eigenvalue weighted by molar-refractivity contribution is 5.79. The minimum atomic E-state index is -1.78. The number of fused-ring (bicyclic) bond motifs is 7. The molecule has 17 heteroatoms. The van der Waals surface area contributed by atoms with Crippen LogP contribution in [0.1, 0.15) is 92.9 Å². The van der Waals surface area contributed by atoms with Crippen LogP contribution >= 0.6 is 0 Å². The van der Waals surface area contributed by atoms with E-state index in [2.05, 4.69) is 26.8 Å². The van der Waals surface area contributed by atoms with E-state index < -0.39 is 149 Å². The van der Waals surface area contributed by atoms with Crippen LogP contribution in [-0.4, -0.2) is 163 Å². The van der Waals surface area contributed by atoms with Gasteiger partial charge in [0.1, 0.15) is 54.9 Å². The molecule has 60 heavy (non-hydrogen) atoms. The van der Waals surface area contributed by atoms with Gasteiger partial charge in [0.2, 0.25) is 6.29 Å². The first-order valence-corrected chi connectivity index (χ1v) is 21.6. The first kappa shape index (κ1) is 46.2. The molecule has 342 valence electrons. The number of rotatable bonds is 7. The normalized spacial score (nSPS) is 53.6. The third kappa shape index (κ3) is 6.42. The maximum Gasteiger partial charge on any atom is 0.315 e. The van der Waals surface area contributed by atoms with Crippen LogP contribution in [0.2, 0.25) is 0 Å². The number of esters is 2. The summed E-state index contributed by atoms with van der Waals surface area (Å²) >= 11 is 0. The Hall–Kier alpha value is -1.84. The van der Waals surface area contributed by atoms with Crippen molar-refractivity contribution in [1.29, 1.82) is 0 Å². The molecule has 10 N–H and O–H groups in total. The lowest BCUT2D eigenvalue weighted by Crippen LogP contribution is -2.71. The molecule has 2 heterocycles. The summed E-state index contributed by atoms with van der Waals surface area (Å²) in [6.07, 6.45) is -14.0. The van der Waals surface area contributed by atoms with E-state index in [1.807, 2.05) is 13.8 Å². The van der Waals surface area contributed by atoms with E-state index in [-0.39, 0.29) is 12.3 Å². The number of hydrogen-bond acceptors (Lipinski definition) is 17. The maximum atomic E-state index is 14.6. The topological polar surface area (TPSA) is 283 Å². The van der Waals surface area contributed by atoms with Gasteiger partial charge in [0.25, 0.3) is 0 Å². The van der Waals surface area contributed by atoms with Crippen LogP contribution in [-0.2, 0) is 33.3 Å². The quantitative estimate of drug-likeness (QED) is 0.0870. The van der Waals surface area contributed by atoms with Crippen molar-refractivity contribution >= 4 is 11.9 Å². The minimum absolute atomic E-state index is 0.133. The Kier molecular flexibility index (Phi) is 12.1. The summed E-state index contributed by atoms with van der Waals surface area (Å²) in [5, 5.41) is 108. The number of carbonyl (C=O) groups is 2. The first-order valence-electron chi connectivity index (χ1n) is 21.6. The standard InChI is InChI=1S/C43H68O17/c1-38(2)12-14-43(37(55)60-35-31(52)29(50)27(48)22(18-45)58-35)15-13-40(4)19(25(43)32(38)53)8-9-23-39(3)16-20(46)33(59-34-30(51)28(49)26(47)21(17-44)57-34)42(6,36(54)56-7)24(39)10-11-41(23,40)5/h8,20-35,44-53H,9-18H2,1-7H3/t20-,21-,22-,23-,24-,25-,26-,27-,28+,29+,30-,31-,32+,33+,34+,35+,39-,40-,41-,42+,43+/m1/s1. The fraction of sp³-hybridized carbons (Fsp3) is 0.907. The zero-order valence-electron chi connectivity index (χ0n) is 35.7. The predicted octanol–water partition coefficient (Wildman–Crippen LogP) is -0.589. The van der Waals surface area contributed by atoms with E-state index in [1.165, 1.54) is 7.11 Å². The molecule has 0 radical (unpaired) electrons. The zero-order chi connectivity index (χ0) is 44.3. The Morgan fingerprint density at radius 1 is 0.717 bits per heavy atom. The van der Waals surface area contributed by atoms with Gasteiger partial charge >= 0.3 is 11.9 Å². The Balaban J connectivity index is 1.24. The highest BCUT2D eigenvalue weighted by atomic mass is 16.7. The summed E-state index contributed by atoms with van der Waals surface area (Å²) in [5.74, 6) is -2.60. The monoisotopic (exact) mass is 856 g/mol. The molecule has 0 amide bonds. The lowest BCUT2D eigenvalue weighted by Gasteiger charge is -2.71. The number of methoxy groups -OCH3 is 1. The summed E-state index contributed by atoms with van der Waals surface area (Å²) < 4.78 is 28.8. The third-order valence-electron chi connectivity index (χ3n) is 17.7. The second kappa shape index (κ2) is 15.7. The molecule has 7 aliphatic rings. The van der Waals surface area contributed by atoms with Crippen LogP contribution in [0, 0.1) is 50.2 Å². The molecule has 0 spiro atoms. The van der Waals surface area contributed by atoms with Crippen molar-refractivity contribution in [2.45, 2.75) is 173 Å². The molecule has 2 saturated heterocycles. The molecule has 7 rings (SSSR count). The largest absolute Gasteiger partial charge is 0.469 e. The van der Waals surface area contributed by atoms with Crippen LogP contribution in [0.3, 0.4) is 0 Å². The third-order valence-corrected chi connectivity index (χ3v) is 17.7. The summed E-state index contributed by atoms with van der Waals surface area (Å²) in [7, 11) is 1.26. The number of carbonyl (C=O) groups excluding carboxylic acids is 2. The van der Waals surface area contributed by atoms with Gasteiger partial charge in [-0.1, -0.05) is 46.3 Å². The van der Waals surface area contributed by atoms with E-state index in [9.17, 15) is 60.7 Å². The van der Waals surface area contributed by atoms with Gasteiger partial charge in [-0.05, 0) is 91.8 Å². The SMILES string of the molecule is COC(=O)[C@@]1(C)[C@@H]2CC[C@]3(C)[C@H](CC=C4[C@@H]5[C@H](O)C(C)(C)CC[C@]5(C(=O)O[C@@H]5O[C@H](CO)[C@@H](O)[C@H](O)[C@H]5O)CC[C@]43C)[C@@]2(C)C[C@@H](O)[C@@H]1O[C@@H]1O[C@H](CO)[C@@H](O)[C@H](O)[C@H]1O. The molecule has 21 atom stereocenters. The molecule has 0 aromatic heterocycles. The van der Waals surface area contributed by atoms with Crippen molar-refractivity contribution in [2.24, 2.45) is 50.2 Å². The molecule has 0 bridgehead atoms. The average molecular weight is 857 g/mol. The predicted molar refractivity (Wildman–Crippen MR) is 207 cm³/mol. The van der Waals surface area contributed by atoms with Crippen LogP contribution in [0.15, 0.2) is 11.6 Å². The van der Waals surface area contributed by atoms with Crippen molar-refractivity contribution in [2.75, 3.05) is 20.3 Å². The Morgan fingerprint density at radius 3 is 1.87 bits per heavy atom. The van der Waals surface area contributed by atoms with Gasteiger partial charge in [-0.2, -0.15) is 0 Å². The van der Waals surface area contributed by atoms with Crippen molar-refractivity contribution in [3.63, 3.8) is 0 Å². The molecular weight excluding hydrogens is 788 g/mol. The lowest BCUT2D eigenvalue weighted by molar-refractivity contribution is -0.340. The Morgan fingerprint density at radius 2 is 1.28 bits per heavy atom. The van der Waals surface area contributed by atoms with Crippen LogP contribution in [0.25, 0.3) is 0 Å².